The summed E-state index contributed by atoms with van der Waals surface area (Å²) >= 11 is 5.84. The van der Waals surface area contributed by atoms with Crippen LogP contribution in [0.5, 0.6) is 0 Å². The third kappa shape index (κ3) is 2.51. The van der Waals surface area contributed by atoms with Crippen LogP contribution >= 0.6 is 11.6 Å². The highest BCUT2D eigenvalue weighted by atomic mass is 35.5. The second kappa shape index (κ2) is 4.65. The summed E-state index contributed by atoms with van der Waals surface area (Å²) in [5.74, 6) is 1.13. The van der Waals surface area contributed by atoms with Gasteiger partial charge in [-0.3, -0.25) is 0 Å². The molecule has 4 heteroatoms. The average Bonchev–Trinajstić information content (AvgIpc) is 2.71. The van der Waals surface area contributed by atoms with Gasteiger partial charge >= 0.3 is 0 Å². The Kier molecular flexibility index (Phi) is 3.35. The molecule has 0 saturated carbocycles. The lowest BCUT2D eigenvalue weighted by Gasteiger charge is -2.14. The number of aromatic nitrogens is 2. The van der Waals surface area contributed by atoms with Gasteiger partial charge < -0.3 is 5.73 Å². The van der Waals surface area contributed by atoms with Gasteiger partial charge in [-0.1, -0.05) is 32.9 Å². The molecular formula is C14H18ClN3. The van der Waals surface area contributed by atoms with Gasteiger partial charge in [0.15, 0.2) is 0 Å². The van der Waals surface area contributed by atoms with E-state index in [1.165, 1.54) is 0 Å². The second-order valence-corrected chi connectivity index (χ2v) is 5.69. The lowest BCUT2D eigenvalue weighted by atomic mass is 9.92. The molecule has 2 aromatic rings. The number of nitrogens with zero attached hydrogens (tertiary/aromatic N) is 2. The summed E-state index contributed by atoms with van der Waals surface area (Å²) in [5, 5.41) is 4.58. The number of benzene rings is 1. The van der Waals surface area contributed by atoms with Gasteiger partial charge in [0.1, 0.15) is 5.82 Å². The Hall–Kier alpha value is -1.48. The predicted octanol–water partition coefficient (Wildman–Crippen LogP) is 3.49. The molecule has 2 rings (SSSR count). The monoisotopic (exact) mass is 263 g/mol. The van der Waals surface area contributed by atoms with E-state index in [1.807, 2.05) is 30.3 Å². The van der Waals surface area contributed by atoms with Gasteiger partial charge in [-0.25, -0.2) is 4.68 Å². The molecule has 0 radical (unpaired) electrons. The summed E-state index contributed by atoms with van der Waals surface area (Å²) in [6.07, 6.45) is 0. The largest absolute Gasteiger partial charge is 0.384 e. The van der Waals surface area contributed by atoms with E-state index in [-0.39, 0.29) is 5.41 Å². The Balaban J connectivity index is 2.47. The Bertz CT molecular complexity index is 552. The standard InChI is InChI=1S/C14H18ClN3/c1-14(2,3)12-8-13(16)18(17-12)11-6-4-5-10(7-11)9-15/h4-8H,9,16H2,1-3H3. The number of alkyl halides is 1. The average molecular weight is 264 g/mol. The number of nitrogen functional groups attached to an aromatic ring is 1. The number of hydrogen-bond acceptors (Lipinski definition) is 2. The lowest BCUT2D eigenvalue weighted by Crippen LogP contribution is -2.12. The second-order valence-electron chi connectivity index (χ2n) is 5.42. The van der Waals surface area contributed by atoms with E-state index >= 15 is 0 Å². The van der Waals surface area contributed by atoms with Crippen LogP contribution in [0.2, 0.25) is 0 Å². The van der Waals surface area contributed by atoms with Crippen molar-refractivity contribution in [1.29, 1.82) is 0 Å². The molecule has 1 heterocycles. The Morgan fingerprint density at radius 2 is 2.00 bits per heavy atom. The summed E-state index contributed by atoms with van der Waals surface area (Å²) in [7, 11) is 0. The van der Waals surface area contributed by atoms with Gasteiger partial charge in [-0.2, -0.15) is 5.10 Å². The highest BCUT2D eigenvalue weighted by Crippen LogP contribution is 2.25. The van der Waals surface area contributed by atoms with Gasteiger partial charge in [0.05, 0.1) is 11.4 Å². The topological polar surface area (TPSA) is 43.8 Å². The minimum Gasteiger partial charge on any atom is -0.384 e. The van der Waals surface area contributed by atoms with Crippen molar-refractivity contribution in [3.05, 3.63) is 41.6 Å². The summed E-state index contributed by atoms with van der Waals surface area (Å²) in [6, 6.07) is 9.85. The summed E-state index contributed by atoms with van der Waals surface area (Å²) in [4.78, 5) is 0. The van der Waals surface area contributed by atoms with Crippen molar-refractivity contribution in [3.63, 3.8) is 0 Å². The molecule has 0 spiro atoms. The van der Waals surface area contributed by atoms with E-state index < -0.39 is 0 Å². The molecule has 1 aromatic heterocycles. The van der Waals surface area contributed by atoms with Gasteiger partial charge in [0.2, 0.25) is 0 Å². The van der Waals surface area contributed by atoms with Crippen molar-refractivity contribution in [2.24, 2.45) is 0 Å². The lowest BCUT2D eigenvalue weighted by molar-refractivity contribution is 0.560. The van der Waals surface area contributed by atoms with E-state index in [0.29, 0.717) is 11.7 Å². The fraction of sp³-hybridized carbons (Fsp3) is 0.357. The molecule has 0 unspecified atom stereocenters. The quantitative estimate of drug-likeness (QED) is 0.843. The van der Waals surface area contributed by atoms with E-state index in [1.54, 1.807) is 4.68 Å². The van der Waals surface area contributed by atoms with Gasteiger partial charge in [0.25, 0.3) is 0 Å². The third-order valence-electron chi connectivity index (χ3n) is 2.81. The maximum absolute atomic E-state index is 6.03. The van der Waals surface area contributed by atoms with Crippen molar-refractivity contribution in [2.45, 2.75) is 32.1 Å². The Morgan fingerprint density at radius 3 is 2.56 bits per heavy atom. The first-order chi connectivity index (χ1) is 8.41. The zero-order valence-corrected chi connectivity index (χ0v) is 11.7. The van der Waals surface area contributed by atoms with Crippen LogP contribution in [-0.2, 0) is 11.3 Å². The molecule has 0 aliphatic carbocycles. The summed E-state index contributed by atoms with van der Waals surface area (Å²) < 4.78 is 1.76. The molecule has 18 heavy (non-hydrogen) atoms. The summed E-state index contributed by atoms with van der Waals surface area (Å²) in [6.45, 7) is 6.36. The van der Waals surface area contributed by atoms with Crippen molar-refractivity contribution >= 4 is 17.4 Å². The first kappa shape index (κ1) is 13.0. The van der Waals surface area contributed by atoms with E-state index in [9.17, 15) is 0 Å². The fourth-order valence-corrected chi connectivity index (χ4v) is 1.91. The molecule has 0 aliphatic heterocycles. The van der Waals surface area contributed by atoms with Crippen LogP contribution in [0.1, 0.15) is 32.0 Å². The normalized spacial score (nSPS) is 11.8. The molecule has 96 valence electrons. The smallest absolute Gasteiger partial charge is 0.127 e. The predicted molar refractivity (Wildman–Crippen MR) is 76.2 cm³/mol. The van der Waals surface area contributed by atoms with Crippen LogP contribution in [-0.4, -0.2) is 9.78 Å². The third-order valence-corrected chi connectivity index (χ3v) is 3.12. The van der Waals surface area contributed by atoms with Crippen LogP contribution in [0.15, 0.2) is 30.3 Å². The highest BCUT2D eigenvalue weighted by molar-refractivity contribution is 6.17. The molecule has 0 aliphatic rings. The van der Waals surface area contributed by atoms with Crippen molar-refractivity contribution in [1.82, 2.24) is 9.78 Å². The molecule has 0 atom stereocenters. The van der Waals surface area contributed by atoms with Crippen molar-refractivity contribution < 1.29 is 0 Å². The van der Waals surface area contributed by atoms with Gasteiger partial charge in [0, 0.05) is 17.4 Å². The van der Waals surface area contributed by atoms with Crippen LogP contribution < -0.4 is 5.73 Å². The number of rotatable bonds is 2. The highest BCUT2D eigenvalue weighted by Gasteiger charge is 2.19. The van der Waals surface area contributed by atoms with E-state index in [2.05, 4.69) is 25.9 Å². The zero-order valence-electron chi connectivity index (χ0n) is 10.9. The maximum atomic E-state index is 6.03. The number of anilines is 1. The minimum atomic E-state index is -0.0105. The molecule has 2 N–H and O–H groups in total. The van der Waals surface area contributed by atoms with E-state index in [4.69, 9.17) is 17.3 Å². The molecule has 0 saturated heterocycles. The molecule has 1 aromatic carbocycles. The fourth-order valence-electron chi connectivity index (χ4n) is 1.74. The minimum absolute atomic E-state index is 0.0105. The van der Waals surface area contributed by atoms with Crippen LogP contribution in [0.25, 0.3) is 5.69 Å². The first-order valence-electron chi connectivity index (χ1n) is 5.93. The van der Waals surface area contributed by atoms with Crippen LogP contribution in [0.4, 0.5) is 5.82 Å². The van der Waals surface area contributed by atoms with E-state index in [0.717, 1.165) is 16.9 Å². The number of hydrogen-bond donors (Lipinski definition) is 1. The molecule has 3 nitrogen and oxygen atoms in total. The first-order valence-corrected chi connectivity index (χ1v) is 6.46. The Morgan fingerprint density at radius 1 is 1.28 bits per heavy atom. The van der Waals surface area contributed by atoms with Crippen molar-refractivity contribution in [3.8, 4) is 5.69 Å². The summed E-state index contributed by atoms with van der Waals surface area (Å²) in [5.41, 5.74) is 9.00. The Labute approximate surface area is 113 Å². The molecule has 0 fully saturated rings. The number of nitrogens with two attached hydrogens (primary N) is 1. The van der Waals surface area contributed by atoms with Crippen LogP contribution in [0.3, 0.4) is 0 Å². The maximum Gasteiger partial charge on any atom is 0.127 e. The zero-order chi connectivity index (χ0) is 13.3. The molecule has 0 bridgehead atoms. The SMILES string of the molecule is CC(C)(C)c1cc(N)n(-c2cccc(CCl)c2)n1. The van der Waals surface area contributed by atoms with Gasteiger partial charge in [-0.05, 0) is 17.7 Å². The van der Waals surface area contributed by atoms with Crippen molar-refractivity contribution in [2.75, 3.05) is 5.73 Å². The van der Waals surface area contributed by atoms with Crippen LogP contribution in [0, 0.1) is 0 Å². The molecule has 0 amide bonds. The number of halogens is 1. The molecular weight excluding hydrogens is 246 g/mol. The van der Waals surface area contributed by atoms with Gasteiger partial charge in [-0.15, -0.1) is 11.6 Å².